The highest BCUT2D eigenvalue weighted by Crippen LogP contribution is 2.33. The molecule has 25 heavy (non-hydrogen) atoms. The monoisotopic (exact) mass is 346 g/mol. The van der Waals surface area contributed by atoms with Crippen LogP contribution in [0, 0.1) is 0 Å². The fraction of sp³-hybridized carbons (Fsp3) is 0.789. The number of likely N-dealkylation sites (tertiary alicyclic amines) is 1. The van der Waals surface area contributed by atoms with Gasteiger partial charge in [-0.15, -0.1) is 0 Å². The molecule has 2 saturated heterocycles. The summed E-state index contributed by atoms with van der Waals surface area (Å²) in [6.07, 6.45) is 7.83. The van der Waals surface area contributed by atoms with Gasteiger partial charge < -0.3 is 14.2 Å². The van der Waals surface area contributed by atoms with Crippen LogP contribution in [-0.2, 0) is 29.4 Å². The van der Waals surface area contributed by atoms with E-state index in [1.54, 1.807) is 0 Å². The number of amides is 1. The van der Waals surface area contributed by atoms with E-state index in [0.717, 1.165) is 39.0 Å². The maximum absolute atomic E-state index is 12.4. The first kappa shape index (κ1) is 17.0. The van der Waals surface area contributed by atoms with Crippen LogP contribution in [0.2, 0.25) is 0 Å². The normalized spacial score (nSPS) is 24.5. The molecule has 0 radical (unpaired) electrons. The van der Waals surface area contributed by atoms with Crippen molar-refractivity contribution in [3.8, 4) is 0 Å². The number of hydrogen-bond acceptors (Lipinski definition) is 4. The highest BCUT2D eigenvalue weighted by Gasteiger charge is 2.32. The van der Waals surface area contributed by atoms with Gasteiger partial charge in [0, 0.05) is 38.8 Å². The number of morpholine rings is 1. The highest BCUT2D eigenvalue weighted by molar-refractivity contribution is 5.76. The first-order chi connectivity index (χ1) is 12.2. The van der Waals surface area contributed by atoms with E-state index in [1.165, 1.54) is 42.9 Å². The smallest absolute Gasteiger partial charge is 0.224 e. The van der Waals surface area contributed by atoms with Gasteiger partial charge in [-0.05, 0) is 45.1 Å². The van der Waals surface area contributed by atoms with Crippen LogP contribution in [0.4, 0.5) is 0 Å². The molecule has 1 aliphatic carbocycles. The van der Waals surface area contributed by atoms with Crippen LogP contribution in [-0.4, -0.2) is 64.7 Å². The number of nitrogens with zero attached hydrogens (tertiary/aromatic N) is 4. The summed E-state index contributed by atoms with van der Waals surface area (Å²) in [4.78, 5) is 21.9. The standard InChI is InChI=1S/C19H30N4O2/c1-21-16-6-3-2-5-15(16)20-19(21)17-7-4-9-22(17)10-8-18(24)23-11-13-25-14-12-23/h17H,2-14H2,1H3. The minimum absolute atomic E-state index is 0.271. The molecule has 138 valence electrons. The van der Waals surface area contributed by atoms with Crippen molar-refractivity contribution >= 4 is 5.91 Å². The topological polar surface area (TPSA) is 50.6 Å². The summed E-state index contributed by atoms with van der Waals surface area (Å²) in [7, 11) is 2.18. The van der Waals surface area contributed by atoms with Crippen molar-refractivity contribution < 1.29 is 9.53 Å². The second kappa shape index (κ2) is 7.46. The number of aromatic nitrogens is 2. The van der Waals surface area contributed by atoms with Gasteiger partial charge in [-0.3, -0.25) is 9.69 Å². The minimum atomic E-state index is 0.271. The van der Waals surface area contributed by atoms with Crippen molar-refractivity contribution in [2.75, 3.05) is 39.4 Å². The van der Waals surface area contributed by atoms with Crippen LogP contribution in [0.5, 0.6) is 0 Å². The van der Waals surface area contributed by atoms with E-state index in [0.29, 0.717) is 25.7 Å². The van der Waals surface area contributed by atoms with Gasteiger partial charge in [0.2, 0.25) is 5.91 Å². The SMILES string of the molecule is Cn1c(C2CCCN2CCC(=O)N2CCOCC2)nc2c1CCCC2. The number of carbonyl (C=O) groups excluding carboxylic acids is 1. The number of ether oxygens (including phenoxy) is 1. The van der Waals surface area contributed by atoms with Gasteiger partial charge in [0.1, 0.15) is 5.82 Å². The Morgan fingerprint density at radius 2 is 1.96 bits per heavy atom. The summed E-state index contributed by atoms with van der Waals surface area (Å²) in [5.74, 6) is 1.50. The first-order valence-corrected chi connectivity index (χ1v) is 9.88. The number of fused-ring (bicyclic) bond motifs is 1. The van der Waals surface area contributed by atoms with Crippen molar-refractivity contribution in [3.05, 3.63) is 17.2 Å². The summed E-state index contributed by atoms with van der Waals surface area (Å²) in [6.45, 7) is 4.77. The Bertz CT molecular complexity index is 621. The summed E-state index contributed by atoms with van der Waals surface area (Å²) in [6, 6.07) is 0.382. The fourth-order valence-corrected chi connectivity index (χ4v) is 4.60. The van der Waals surface area contributed by atoms with Gasteiger partial charge in [0.05, 0.1) is 24.9 Å². The molecule has 3 aliphatic rings. The maximum atomic E-state index is 12.4. The molecule has 1 amide bonds. The second-order valence-corrected chi connectivity index (χ2v) is 7.57. The fourth-order valence-electron chi connectivity index (χ4n) is 4.60. The van der Waals surface area contributed by atoms with Crippen molar-refractivity contribution in [1.82, 2.24) is 19.4 Å². The second-order valence-electron chi connectivity index (χ2n) is 7.57. The molecule has 0 bridgehead atoms. The number of imidazole rings is 1. The Kier molecular flexibility index (Phi) is 5.08. The molecule has 2 fully saturated rings. The van der Waals surface area contributed by atoms with Crippen molar-refractivity contribution in [2.24, 2.45) is 7.05 Å². The number of aryl methyl sites for hydroxylation is 1. The van der Waals surface area contributed by atoms with E-state index in [-0.39, 0.29) is 5.91 Å². The summed E-state index contributed by atoms with van der Waals surface area (Å²) < 4.78 is 7.69. The van der Waals surface area contributed by atoms with Crippen LogP contribution < -0.4 is 0 Å². The van der Waals surface area contributed by atoms with Crippen molar-refractivity contribution in [1.29, 1.82) is 0 Å². The molecule has 1 atom stereocenters. The molecule has 1 aromatic heterocycles. The number of hydrogen-bond donors (Lipinski definition) is 0. The van der Waals surface area contributed by atoms with E-state index in [1.807, 2.05) is 4.90 Å². The lowest BCUT2D eigenvalue weighted by Crippen LogP contribution is -2.42. The van der Waals surface area contributed by atoms with Gasteiger partial charge in [-0.2, -0.15) is 0 Å². The molecule has 1 aromatic rings. The van der Waals surface area contributed by atoms with E-state index >= 15 is 0 Å². The van der Waals surface area contributed by atoms with E-state index in [2.05, 4.69) is 16.5 Å². The van der Waals surface area contributed by atoms with E-state index in [9.17, 15) is 4.79 Å². The molecule has 3 heterocycles. The molecule has 1 unspecified atom stereocenters. The Balaban J connectivity index is 1.40. The molecule has 0 N–H and O–H groups in total. The summed E-state index contributed by atoms with van der Waals surface area (Å²) in [5.41, 5.74) is 2.76. The predicted molar refractivity (Wildman–Crippen MR) is 95.4 cm³/mol. The number of rotatable bonds is 4. The third-order valence-electron chi connectivity index (χ3n) is 6.05. The largest absolute Gasteiger partial charge is 0.378 e. The van der Waals surface area contributed by atoms with Gasteiger partial charge in [0.15, 0.2) is 0 Å². The molecule has 6 nitrogen and oxygen atoms in total. The third-order valence-corrected chi connectivity index (χ3v) is 6.05. The van der Waals surface area contributed by atoms with Gasteiger partial charge in [-0.25, -0.2) is 4.98 Å². The molecule has 4 rings (SSSR count). The maximum Gasteiger partial charge on any atom is 0.224 e. The van der Waals surface area contributed by atoms with Crippen LogP contribution in [0.3, 0.4) is 0 Å². The minimum Gasteiger partial charge on any atom is -0.378 e. The van der Waals surface area contributed by atoms with E-state index < -0.39 is 0 Å². The lowest BCUT2D eigenvalue weighted by molar-refractivity contribution is -0.135. The Labute approximate surface area is 150 Å². The van der Waals surface area contributed by atoms with E-state index in [4.69, 9.17) is 9.72 Å². The zero-order valence-electron chi connectivity index (χ0n) is 15.4. The quantitative estimate of drug-likeness (QED) is 0.832. The zero-order chi connectivity index (χ0) is 17.2. The van der Waals surface area contributed by atoms with Gasteiger partial charge in [-0.1, -0.05) is 0 Å². The van der Waals surface area contributed by atoms with Crippen LogP contribution in [0.1, 0.15) is 55.4 Å². The molecular weight excluding hydrogens is 316 g/mol. The molecule has 0 spiro atoms. The number of carbonyl (C=O) groups is 1. The summed E-state index contributed by atoms with van der Waals surface area (Å²) in [5, 5.41) is 0. The Morgan fingerprint density at radius 1 is 1.16 bits per heavy atom. The Hall–Kier alpha value is -1.40. The van der Waals surface area contributed by atoms with Crippen molar-refractivity contribution in [2.45, 2.75) is 51.0 Å². The van der Waals surface area contributed by atoms with Crippen LogP contribution in [0.15, 0.2) is 0 Å². The van der Waals surface area contributed by atoms with Crippen LogP contribution in [0.25, 0.3) is 0 Å². The lowest BCUT2D eigenvalue weighted by Gasteiger charge is -2.29. The molecule has 0 saturated carbocycles. The average molecular weight is 346 g/mol. The lowest BCUT2D eigenvalue weighted by atomic mass is 10.0. The molecule has 2 aliphatic heterocycles. The van der Waals surface area contributed by atoms with Gasteiger partial charge in [0.25, 0.3) is 0 Å². The van der Waals surface area contributed by atoms with Crippen LogP contribution >= 0.6 is 0 Å². The van der Waals surface area contributed by atoms with Crippen molar-refractivity contribution in [3.63, 3.8) is 0 Å². The average Bonchev–Trinajstić information content (AvgIpc) is 3.25. The Morgan fingerprint density at radius 3 is 2.76 bits per heavy atom. The van der Waals surface area contributed by atoms with Gasteiger partial charge >= 0.3 is 0 Å². The molecular formula is C19H30N4O2. The highest BCUT2D eigenvalue weighted by atomic mass is 16.5. The molecule has 6 heteroatoms. The first-order valence-electron chi connectivity index (χ1n) is 9.88. The summed E-state index contributed by atoms with van der Waals surface area (Å²) >= 11 is 0. The third kappa shape index (κ3) is 3.47. The predicted octanol–water partition coefficient (Wildman–Crippen LogP) is 1.68. The zero-order valence-corrected chi connectivity index (χ0v) is 15.4. The molecule has 0 aromatic carbocycles.